The third-order valence-electron chi connectivity index (χ3n) is 1.50. The van der Waals surface area contributed by atoms with Crippen LogP contribution in [-0.2, 0) is 0 Å². The van der Waals surface area contributed by atoms with Crippen LogP contribution in [0.15, 0.2) is 0 Å². The average molecular weight is 270 g/mol. The molecule has 0 radical (unpaired) electrons. The quantitative estimate of drug-likeness (QED) is 0.823. The van der Waals surface area contributed by atoms with Crippen molar-refractivity contribution in [2.24, 2.45) is 0 Å². The number of unbranched alkanes of at least 4 members (excludes halogenated alkanes) is 2. The molecule has 5 N–H and O–H groups in total. The Morgan fingerprint density at radius 1 is 0.500 bits per heavy atom. The van der Waals surface area contributed by atoms with E-state index in [1.165, 1.54) is 32.1 Å². The molecular weight excluding hydrogens is 226 g/mol. The molecule has 0 bridgehead atoms. The van der Waals surface area contributed by atoms with E-state index in [0.29, 0.717) is 0 Å². The summed E-state index contributed by atoms with van der Waals surface area (Å²) < 4.78 is 0. The highest BCUT2D eigenvalue weighted by Gasteiger charge is 1.62. The second kappa shape index (κ2) is 68.6. The molecule has 0 fully saturated rings. The topological polar surface area (TPSA) is 75.0 Å². The third kappa shape index (κ3) is 234. The van der Waals surface area contributed by atoms with E-state index in [4.69, 9.17) is 0 Å². The molecule has 0 atom stereocenters. The zero-order chi connectivity index (χ0) is 13.7. The molecule has 3 nitrogen and oxygen atoms in total. The molecule has 0 spiro atoms. The lowest BCUT2D eigenvalue weighted by Gasteiger charge is -1.86. The first-order chi connectivity index (χ1) is 7.66. The summed E-state index contributed by atoms with van der Waals surface area (Å²) in [6.07, 6.45) is 6.53. The summed E-state index contributed by atoms with van der Waals surface area (Å²) in [5.41, 5.74) is 0. The molecule has 0 unspecified atom stereocenters. The molecule has 3 heteroatoms. The van der Waals surface area contributed by atoms with Crippen molar-refractivity contribution in [2.75, 3.05) is 13.1 Å². The van der Waals surface area contributed by atoms with E-state index in [1.807, 2.05) is 0 Å². The standard InChI is InChI=1S/C4H11N.2C4H10.C3H8.2H2O/c1-3-5-4-2;2*1-3-4-2;1-3-2;;/h5H,3-4H2,1-2H3;2*3-4H2,1-2H3;3H2,1-2H3;2*1H2. The van der Waals surface area contributed by atoms with Gasteiger partial charge in [-0.15, -0.1) is 0 Å². The zero-order valence-corrected chi connectivity index (χ0v) is 14.4. The van der Waals surface area contributed by atoms with Crippen LogP contribution in [0, 0.1) is 0 Å². The largest absolute Gasteiger partial charge is 0.412 e. The minimum absolute atomic E-state index is 0. The highest BCUT2D eigenvalue weighted by Crippen LogP contribution is 1.77. The van der Waals surface area contributed by atoms with Gasteiger partial charge in [-0.25, -0.2) is 0 Å². The fourth-order valence-corrected chi connectivity index (χ4v) is 0.250. The van der Waals surface area contributed by atoms with Crippen LogP contribution in [0.2, 0.25) is 0 Å². The molecule has 120 valence electrons. The molecular formula is C15H43NO2. The lowest BCUT2D eigenvalue weighted by Crippen LogP contribution is -2.09. The first kappa shape index (κ1) is 36.1. The molecule has 0 aromatic heterocycles. The lowest BCUT2D eigenvalue weighted by molar-refractivity contribution is 0.762. The highest BCUT2D eigenvalue weighted by atomic mass is 16.0. The summed E-state index contributed by atoms with van der Waals surface area (Å²) in [6.45, 7) is 19.4. The maximum absolute atomic E-state index is 3.11. The van der Waals surface area contributed by atoms with Crippen LogP contribution in [0.25, 0.3) is 0 Å². The summed E-state index contributed by atoms with van der Waals surface area (Å²) in [4.78, 5) is 0. The van der Waals surface area contributed by atoms with Crippen molar-refractivity contribution in [3.63, 3.8) is 0 Å². The Balaban J connectivity index is -0.0000000261. The maximum atomic E-state index is 3.11. The molecule has 0 aliphatic rings. The molecule has 0 rings (SSSR count). The number of rotatable bonds is 4. The summed E-state index contributed by atoms with van der Waals surface area (Å²) in [6, 6.07) is 0. The average Bonchev–Trinajstić information content (AvgIpc) is 2.32. The van der Waals surface area contributed by atoms with E-state index >= 15 is 0 Å². The summed E-state index contributed by atoms with van der Waals surface area (Å²) >= 11 is 0. The predicted octanol–water partition coefficient (Wildman–Crippen LogP) is 4.00. The first-order valence-corrected chi connectivity index (χ1v) is 7.36. The normalized spacial score (nSPS) is 6.67. The summed E-state index contributed by atoms with van der Waals surface area (Å²) in [5.74, 6) is 0. The van der Waals surface area contributed by atoms with Gasteiger partial charge in [0.15, 0.2) is 0 Å². The number of nitrogens with one attached hydrogen (secondary N) is 1. The minimum Gasteiger partial charge on any atom is -0.412 e. The van der Waals surface area contributed by atoms with Gasteiger partial charge >= 0.3 is 0 Å². The van der Waals surface area contributed by atoms with Gasteiger partial charge in [-0.05, 0) is 13.1 Å². The van der Waals surface area contributed by atoms with Gasteiger partial charge in [-0.2, -0.15) is 0 Å². The fraction of sp³-hybridized carbons (Fsp3) is 1.00. The van der Waals surface area contributed by atoms with Gasteiger partial charge in [0.25, 0.3) is 0 Å². The number of hydrogen-bond acceptors (Lipinski definition) is 1. The van der Waals surface area contributed by atoms with Gasteiger partial charge in [0.05, 0.1) is 0 Å². The second-order valence-corrected chi connectivity index (χ2v) is 3.66. The molecule has 0 saturated heterocycles. The maximum Gasteiger partial charge on any atom is -0.00775 e. The van der Waals surface area contributed by atoms with Gasteiger partial charge in [0, 0.05) is 0 Å². The predicted molar refractivity (Wildman–Crippen MR) is 88.6 cm³/mol. The Morgan fingerprint density at radius 2 is 0.667 bits per heavy atom. The smallest absolute Gasteiger partial charge is 0.00775 e. The Hall–Kier alpha value is -0.120. The fourth-order valence-electron chi connectivity index (χ4n) is 0.250. The molecule has 0 saturated carbocycles. The second-order valence-electron chi connectivity index (χ2n) is 3.66. The molecule has 18 heavy (non-hydrogen) atoms. The van der Waals surface area contributed by atoms with Crippen molar-refractivity contribution >= 4 is 0 Å². The van der Waals surface area contributed by atoms with Crippen molar-refractivity contribution in [1.82, 2.24) is 5.32 Å². The van der Waals surface area contributed by atoms with E-state index in [2.05, 4.69) is 60.7 Å². The molecule has 0 amide bonds. The Labute approximate surface area is 117 Å². The van der Waals surface area contributed by atoms with Gasteiger partial charge in [-0.1, -0.05) is 87.5 Å². The van der Waals surface area contributed by atoms with Crippen LogP contribution in [0.1, 0.15) is 87.5 Å². The van der Waals surface area contributed by atoms with E-state index < -0.39 is 0 Å². The van der Waals surface area contributed by atoms with Crippen LogP contribution >= 0.6 is 0 Å². The summed E-state index contributed by atoms with van der Waals surface area (Å²) in [7, 11) is 0. The monoisotopic (exact) mass is 269 g/mol. The van der Waals surface area contributed by atoms with Gasteiger partial charge < -0.3 is 16.3 Å². The van der Waals surface area contributed by atoms with Gasteiger partial charge in [0.2, 0.25) is 0 Å². The highest BCUT2D eigenvalue weighted by molar-refractivity contribution is 4.27. The minimum atomic E-state index is 0. The Kier molecular flexibility index (Phi) is 137. The van der Waals surface area contributed by atoms with Crippen LogP contribution in [-0.4, -0.2) is 24.0 Å². The molecule has 0 heterocycles. The van der Waals surface area contributed by atoms with E-state index in [9.17, 15) is 0 Å². The zero-order valence-electron chi connectivity index (χ0n) is 14.4. The molecule has 0 aliphatic heterocycles. The van der Waals surface area contributed by atoms with Crippen molar-refractivity contribution in [3.8, 4) is 0 Å². The van der Waals surface area contributed by atoms with Gasteiger partial charge in [-0.3, -0.25) is 0 Å². The number of hydrogen-bond donors (Lipinski definition) is 1. The van der Waals surface area contributed by atoms with Crippen LogP contribution < -0.4 is 5.32 Å². The Bertz CT molecular complexity index is 52.5. The van der Waals surface area contributed by atoms with Crippen LogP contribution in [0.4, 0.5) is 0 Å². The van der Waals surface area contributed by atoms with Gasteiger partial charge in [0.1, 0.15) is 0 Å². The summed E-state index contributed by atoms with van der Waals surface area (Å²) in [5, 5.41) is 3.11. The van der Waals surface area contributed by atoms with Crippen molar-refractivity contribution in [1.29, 1.82) is 0 Å². The van der Waals surface area contributed by atoms with Crippen molar-refractivity contribution in [2.45, 2.75) is 87.5 Å². The third-order valence-corrected chi connectivity index (χ3v) is 1.50. The molecule has 0 aromatic carbocycles. The lowest BCUT2D eigenvalue weighted by atomic mass is 10.4. The Morgan fingerprint density at radius 3 is 0.667 bits per heavy atom. The van der Waals surface area contributed by atoms with Crippen molar-refractivity contribution in [3.05, 3.63) is 0 Å². The SMILES string of the molecule is CCC.CCCC.CCCC.CCNCC.O.O. The first-order valence-electron chi connectivity index (χ1n) is 7.36. The van der Waals surface area contributed by atoms with E-state index in [-0.39, 0.29) is 11.0 Å². The molecule has 0 aromatic rings. The van der Waals surface area contributed by atoms with Crippen LogP contribution in [0.5, 0.6) is 0 Å². The van der Waals surface area contributed by atoms with Crippen LogP contribution in [0.3, 0.4) is 0 Å². The molecule has 0 aliphatic carbocycles. The van der Waals surface area contributed by atoms with Crippen molar-refractivity contribution < 1.29 is 11.0 Å². The van der Waals surface area contributed by atoms with E-state index in [0.717, 1.165) is 13.1 Å². The van der Waals surface area contributed by atoms with E-state index in [1.54, 1.807) is 0 Å².